The predicted molar refractivity (Wildman–Crippen MR) is 306 cm³/mol. The molecule has 0 heterocycles. The Balaban J connectivity index is 4.43. The van der Waals surface area contributed by atoms with Gasteiger partial charge in [-0.1, -0.05) is 225 Å². The largest absolute Gasteiger partial charge is 0.756 e. The number of aliphatic hydroxyl groups excluding tert-OH is 1. The van der Waals surface area contributed by atoms with Crippen molar-refractivity contribution in [2.45, 2.75) is 225 Å². The molecule has 0 spiro atoms. The molecular formula is C62H107N2O6P. The molecule has 0 saturated heterocycles. The minimum Gasteiger partial charge on any atom is -0.756 e. The highest BCUT2D eigenvalue weighted by molar-refractivity contribution is 7.45. The zero-order chi connectivity index (χ0) is 52.0. The Bertz CT molecular complexity index is 1560. The third-order valence-corrected chi connectivity index (χ3v) is 12.8. The Hall–Kier alpha value is -3.10. The van der Waals surface area contributed by atoms with E-state index < -0.39 is 26.6 Å². The number of quaternary nitrogens is 1. The summed E-state index contributed by atoms with van der Waals surface area (Å²) in [7, 11) is 1.19. The number of likely N-dealkylation sites (N-methyl/N-ethyl adjacent to an activating group) is 1. The van der Waals surface area contributed by atoms with Gasteiger partial charge in [0.15, 0.2) is 0 Å². The van der Waals surface area contributed by atoms with Crippen LogP contribution in [0.2, 0.25) is 0 Å². The lowest BCUT2D eigenvalue weighted by atomic mass is 10.0. The maximum Gasteiger partial charge on any atom is 0.268 e. The normalized spacial score (nSPS) is 14.9. The second kappa shape index (κ2) is 51.8. The molecule has 0 bridgehead atoms. The number of carbonyl (C=O) groups excluding carboxylic acids is 1. The smallest absolute Gasteiger partial charge is 0.268 e. The third kappa shape index (κ3) is 54.5. The van der Waals surface area contributed by atoms with Gasteiger partial charge < -0.3 is 28.8 Å². The summed E-state index contributed by atoms with van der Waals surface area (Å²) >= 11 is 0. The van der Waals surface area contributed by atoms with Crippen LogP contribution in [0, 0.1) is 0 Å². The number of phosphoric ester groups is 1. The number of hydrogen-bond acceptors (Lipinski definition) is 6. The van der Waals surface area contributed by atoms with Crippen molar-refractivity contribution in [3.63, 3.8) is 0 Å². The van der Waals surface area contributed by atoms with Crippen LogP contribution in [0.5, 0.6) is 0 Å². The van der Waals surface area contributed by atoms with Crippen LogP contribution in [0.3, 0.4) is 0 Å². The minimum absolute atomic E-state index is 0.0230. The molecule has 0 aromatic carbocycles. The predicted octanol–water partition coefficient (Wildman–Crippen LogP) is 16.7. The molecule has 9 heteroatoms. The number of unbranched alkanes of at least 4 members (excludes halogenated alkanes) is 19. The van der Waals surface area contributed by atoms with Crippen LogP contribution in [0.15, 0.2) is 122 Å². The van der Waals surface area contributed by atoms with Gasteiger partial charge in [-0.15, -0.1) is 0 Å². The summed E-state index contributed by atoms with van der Waals surface area (Å²) in [5.41, 5.74) is 0. The number of nitrogens with one attached hydrogen (secondary N) is 1. The highest BCUT2D eigenvalue weighted by Gasteiger charge is 2.23. The molecule has 8 nitrogen and oxygen atoms in total. The highest BCUT2D eigenvalue weighted by Crippen LogP contribution is 2.38. The van der Waals surface area contributed by atoms with Crippen LogP contribution in [-0.4, -0.2) is 68.5 Å². The zero-order valence-electron chi connectivity index (χ0n) is 46.1. The van der Waals surface area contributed by atoms with Crippen LogP contribution in [0.4, 0.5) is 0 Å². The number of amides is 1. The lowest BCUT2D eigenvalue weighted by Gasteiger charge is -2.29. The van der Waals surface area contributed by atoms with E-state index in [4.69, 9.17) is 9.05 Å². The van der Waals surface area contributed by atoms with Crippen LogP contribution in [0.1, 0.15) is 213 Å². The summed E-state index contributed by atoms with van der Waals surface area (Å²) in [4.78, 5) is 25.5. The number of carbonyl (C=O) groups is 1. The Morgan fingerprint density at radius 1 is 0.507 bits per heavy atom. The minimum atomic E-state index is -4.63. The Kier molecular flexibility index (Phi) is 49.5. The molecular weight excluding hydrogens is 900 g/mol. The highest BCUT2D eigenvalue weighted by atomic mass is 31.2. The maximum atomic E-state index is 12.9. The van der Waals surface area contributed by atoms with Crippen LogP contribution in [0.25, 0.3) is 0 Å². The average Bonchev–Trinajstić information content (AvgIpc) is 3.33. The first-order valence-corrected chi connectivity index (χ1v) is 29.9. The molecule has 3 atom stereocenters. The zero-order valence-corrected chi connectivity index (χ0v) is 47.0. The number of phosphoric acid groups is 1. The van der Waals surface area contributed by atoms with Gasteiger partial charge in [-0.3, -0.25) is 9.36 Å². The van der Waals surface area contributed by atoms with Gasteiger partial charge in [-0.2, -0.15) is 0 Å². The van der Waals surface area contributed by atoms with Gasteiger partial charge >= 0.3 is 0 Å². The van der Waals surface area contributed by atoms with Gasteiger partial charge in [0.05, 0.1) is 39.9 Å². The number of hydrogen-bond donors (Lipinski definition) is 2. The van der Waals surface area contributed by atoms with Gasteiger partial charge in [0, 0.05) is 6.42 Å². The van der Waals surface area contributed by atoms with E-state index in [1.807, 2.05) is 27.2 Å². The number of nitrogens with zero attached hydrogens (tertiary/aromatic N) is 1. The molecule has 2 N–H and O–H groups in total. The molecule has 0 fully saturated rings. The van der Waals surface area contributed by atoms with E-state index in [9.17, 15) is 19.4 Å². The summed E-state index contributed by atoms with van der Waals surface area (Å²) in [5.74, 6) is -0.248. The van der Waals surface area contributed by atoms with Crippen molar-refractivity contribution in [3.05, 3.63) is 122 Å². The third-order valence-electron chi connectivity index (χ3n) is 11.9. The van der Waals surface area contributed by atoms with Crippen molar-refractivity contribution in [1.29, 1.82) is 0 Å². The number of rotatable bonds is 50. The summed E-state index contributed by atoms with van der Waals surface area (Å²) in [6.07, 6.45) is 77.1. The molecule has 406 valence electrons. The average molecular weight is 1010 g/mol. The van der Waals surface area contributed by atoms with E-state index in [0.717, 1.165) is 83.5 Å². The molecule has 0 aliphatic rings. The molecule has 71 heavy (non-hydrogen) atoms. The molecule has 3 unspecified atom stereocenters. The molecule has 0 aromatic rings. The van der Waals surface area contributed by atoms with E-state index in [1.165, 1.54) is 96.3 Å². The van der Waals surface area contributed by atoms with Gasteiger partial charge in [0.1, 0.15) is 13.2 Å². The van der Waals surface area contributed by atoms with E-state index in [-0.39, 0.29) is 18.9 Å². The fraction of sp³-hybridized carbons (Fsp3) is 0.661. The van der Waals surface area contributed by atoms with Gasteiger partial charge in [0.25, 0.3) is 7.82 Å². The monoisotopic (exact) mass is 1010 g/mol. The second-order valence-electron chi connectivity index (χ2n) is 19.9. The Morgan fingerprint density at radius 3 is 1.31 bits per heavy atom. The first-order chi connectivity index (χ1) is 34.5. The van der Waals surface area contributed by atoms with Gasteiger partial charge in [-0.05, 0) is 103 Å². The van der Waals surface area contributed by atoms with Crippen LogP contribution in [-0.2, 0) is 18.4 Å². The Morgan fingerprint density at radius 2 is 0.873 bits per heavy atom. The standard InChI is InChI=1S/C62H107N2O6P/c1-6-8-10-12-14-16-18-20-22-24-26-28-30-32-34-36-38-40-42-44-46-48-50-52-54-56-62(66)63-60(59-70-71(67,68)69-58-57-64(3,4)5)61(65)55-53-51-49-47-45-43-41-39-37-35-33-31-29-27-25-23-21-19-17-15-13-11-9-7-2/h8,10,14,16,20,22,26,28,32,34,37-40,44-47,53,55,60-61,65H,6-7,9,11-13,15,17-19,21,23-25,27,29-31,33,35-36,41-43,48-52,54,56-59H2,1-5H3,(H-,63,66,67,68)/b10-8-,16-14-,22-20-,28-26-,34-32-,39-37+,40-38-,46-44-,47-45+,55-53+. The van der Waals surface area contributed by atoms with Crippen molar-refractivity contribution in [1.82, 2.24) is 5.32 Å². The number of aliphatic hydroxyl groups is 1. The fourth-order valence-electron chi connectivity index (χ4n) is 7.46. The molecule has 1 amide bonds. The van der Waals surface area contributed by atoms with Crippen molar-refractivity contribution >= 4 is 13.7 Å². The second-order valence-corrected chi connectivity index (χ2v) is 21.3. The lowest BCUT2D eigenvalue weighted by molar-refractivity contribution is -0.870. The Labute approximate surface area is 437 Å². The quantitative estimate of drug-likeness (QED) is 0.0272. The summed E-state index contributed by atoms with van der Waals surface area (Å²) in [5, 5.41) is 13.8. The van der Waals surface area contributed by atoms with Crippen LogP contribution >= 0.6 is 7.82 Å². The van der Waals surface area contributed by atoms with Gasteiger partial charge in [-0.25, -0.2) is 0 Å². The SMILES string of the molecule is CC/C=C\C/C=C\C/C=C\C/C=C\C/C=C\C/C=C\C/C=C\CCCCCC(=O)NC(COP(=O)([O-])OCC[N+](C)(C)C)C(O)/C=C/CC/C=C/CC/C=C/CCCCCCCCCCCCCCCC. The van der Waals surface area contributed by atoms with E-state index >= 15 is 0 Å². The first-order valence-electron chi connectivity index (χ1n) is 28.4. The molecule has 0 aliphatic carbocycles. The summed E-state index contributed by atoms with van der Waals surface area (Å²) < 4.78 is 23.3. The molecule has 0 saturated carbocycles. The van der Waals surface area contributed by atoms with Crippen molar-refractivity contribution in [3.8, 4) is 0 Å². The van der Waals surface area contributed by atoms with E-state index in [1.54, 1.807) is 6.08 Å². The summed E-state index contributed by atoms with van der Waals surface area (Å²) in [6.45, 7) is 4.47. The first kappa shape index (κ1) is 67.9. The van der Waals surface area contributed by atoms with E-state index in [0.29, 0.717) is 23.9 Å². The lowest BCUT2D eigenvalue weighted by Crippen LogP contribution is -2.45. The maximum absolute atomic E-state index is 12.9. The molecule has 0 aliphatic heterocycles. The van der Waals surface area contributed by atoms with Gasteiger partial charge in [0.2, 0.25) is 5.91 Å². The molecule has 0 radical (unpaired) electrons. The van der Waals surface area contributed by atoms with Crippen molar-refractivity contribution in [2.75, 3.05) is 40.9 Å². The van der Waals surface area contributed by atoms with Crippen LogP contribution < -0.4 is 10.2 Å². The van der Waals surface area contributed by atoms with Crippen molar-refractivity contribution in [2.24, 2.45) is 0 Å². The summed E-state index contributed by atoms with van der Waals surface area (Å²) in [6, 6.07) is -0.938. The van der Waals surface area contributed by atoms with E-state index in [2.05, 4.69) is 129 Å². The molecule has 0 rings (SSSR count). The fourth-order valence-corrected chi connectivity index (χ4v) is 8.18. The number of allylic oxidation sites excluding steroid dienone is 19. The molecule has 0 aromatic heterocycles. The topological polar surface area (TPSA) is 108 Å². The van der Waals surface area contributed by atoms with Crippen molar-refractivity contribution < 1.29 is 32.9 Å².